The summed E-state index contributed by atoms with van der Waals surface area (Å²) in [6.45, 7) is 0.960. The van der Waals surface area contributed by atoms with Gasteiger partial charge in [0.25, 0.3) is 5.91 Å². The fourth-order valence-electron chi connectivity index (χ4n) is 3.05. The number of amides is 1. The van der Waals surface area contributed by atoms with Crippen LogP contribution in [0.1, 0.15) is 22.5 Å². The summed E-state index contributed by atoms with van der Waals surface area (Å²) in [4.78, 5) is 18.5. The molecule has 2 N–H and O–H groups in total. The van der Waals surface area contributed by atoms with Crippen LogP contribution in [0.5, 0.6) is 5.75 Å². The maximum atomic E-state index is 13.4. The Hall–Kier alpha value is -3.23. The Morgan fingerprint density at radius 1 is 1.33 bits per heavy atom. The van der Waals surface area contributed by atoms with E-state index in [4.69, 9.17) is 0 Å². The predicted molar refractivity (Wildman–Crippen MR) is 93.9 cm³/mol. The number of imidazole rings is 1. The number of rotatable bonds is 4. The molecular formula is C18H17F2N5O2. The highest BCUT2D eigenvalue weighted by Crippen LogP contribution is 2.21. The molecular weight excluding hydrogens is 356 g/mol. The molecule has 0 spiro atoms. The van der Waals surface area contributed by atoms with Crippen molar-refractivity contribution in [1.29, 1.82) is 0 Å². The molecule has 0 radical (unpaired) electrons. The van der Waals surface area contributed by atoms with E-state index in [1.807, 2.05) is 4.90 Å². The number of aromatic hydroxyl groups is 1. The van der Waals surface area contributed by atoms with Gasteiger partial charge in [-0.1, -0.05) is 6.07 Å². The van der Waals surface area contributed by atoms with Gasteiger partial charge in [0.05, 0.1) is 12.7 Å². The lowest BCUT2D eigenvalue weighted by molar-refractivity contribution is 0.0944. The molecule has 27 heavy (non-hydrogen) atoms. The Labute approximate surface area is 153 Å². The molecule has 1 amide bonds. The molecule has 1 fully saturated rings. The number of alkyl halides is 1. The van der Waals surface area contributed by atoms with Crippen molar-refractivity contribution in [2.45, 2.75) is 19.1 Å². The number of aromatic nitrogens is 3. The number of hydrogen-bond acceptors (Lipinski definition) is 5. The van der Waals surface area contributed by atoms with Gasteiger partial charge in [-0.2, -0.15) is 0 Å². The second-order valence-corrected chi connectivity index (χ2v) is 6.41. The first-order chi connectivity index (χ1) is 13.0. The van der Waals surface area contributed by atoms with Crippen molar-refractivity contribution < 1.29 is 18.7 Å². The average Bonchev–Trinajstić information content (AvgIpc) is 3.28. The van der Waals surface area contributed by atoms with Gasteiger partial charge in [0, 0.05) is 13.1 Å². The normalized spacial score (nSPS) is 16.8. The highest BCUT2D eigenvalue weighted by Gasteiger charge is 2.24. The monoisotopic (exact) mass is 373 g/mol. The molecule has 1 aliphatic rings. The highest BCUT2D eigenvalue weighted by atomic mass is 19.1. The number of nitrogens with one attached hydrogen (secondary N) is 1. The first-order valence-corrected chi connectivity index (χ1v) is 8.50. The molecule has 0 aliphatic carbocycles. The molecule has 3 aromatic rings. The van der Waals surface area contributed by atoms with Crippen molar-refractivity contribution in [2.75, 3.05) is 18.0 Å². The fourth-order valence-corrected chi connectivity index (χ4v) is 3.05. The molecule has 7 nitrogen and oxygen atoms in total. The Balaban J connectivity index is 1.53. The first-order valence-electron chi connectivity index (χ1n) is 8.50. The molecule has 1 aromatic carbocycles. The number of anilines is 1. The Kier molecular flexibility index (Phi) is 4.35. The van der Waals surface area contributed by atoms with Gasteiger partial charge in [-0.15, -0.1) is 5.10 Å². The second-order valence-electron chi connectivity index (χ2n) is 6.41. The van der Waals surface area contributed by atoms with Crippen LogP contribution in [-0.4, -0.2) is 44.9 Å². The van der Waals surface area contributed by atoms with Gasteiger partial charge >= 0.3 is 0 Å². The van der Waals surface area contributed by atoms with Crippen LogP contribution in [0.3, 0.4) is 0 Å². The predicted octanol–water partition coefficient (Wildman–Crippen LogP) is 2.05. The third kappa shape index (κ3) is 3.40. The van der Waals surface area contributed by atoms with E-state index in [1.54, 1.807) is 12.1 Å². The second kappa shape index (κ2) is 6.82. The summed E-state index contributed by atoms with van der Waals surface area (Å²) in [5.41, 5.74) is 1.28. The zero-order valence-corrected chi connectivity index (χ0v) is 14.3. The topological polar surface area (TPSA) is 82.8 Å². The van der Waals surface area contributed by atoms with E-state index in [0.717, 1.165) is 6.07 Å². The van der Waals surface area contributed by atoms with E-state index < -0.39 is 23.6 Å². The number of carbonyl (C=O) groups excluding carboxylic acids is 1. The maximum absolute atomic E-state index is 13.4. The molecule has 1 saturated heterocycles. The zero-order valence-electron chi connectivity index (χ0n) is 14.3. The smallest absolute Gasteiger partial charge is 0.271 e. The van der Waals surface area contributed by atoms with Crippen LogP contribution in [0.2, 0.25) is 0 Å². The first kappa shape index (κ1) is 17.2. The molecule has 2 aromatic heterocycles. The molecule has 0 saturated carbocycles. The lowest BCUT2D eigenvalue weighted by atomic mass is 10.2. The largest absolute Gasteiger partial charge is 0.505 e. The van der Waals surface area contributed by atoms with E-state index in [9.17, 15) is 18.7 Å². The van der Waals surface area contributed by atoms with Crippen molar-refractivity contribution in [3.63, 3.8) is 0 Å². The molecule has 4 rings (SSSR count). The number of hydrogen-bond donors (Lipinski definition) is 2. The van der Waals surface area contributed by atoms with Crippen LogP contribution in [-0.2, 0) is 6.54 Å². The molecule has 0 bridgehead atoms. The Morgan fingerprint density at radius 3 is 2.93 bits per heavy atom. The molecule has 3 heterocycles. The number of carbonyl (C=O) groups is 1. The van der Waals surface area contributed by atoms with Gasteiger partial charge < -0.3 is 15.3 Å². The van der Waals surface area contributed by atoms with Gasteiger partial charge in [-0.05, 0) is 36.2 Å². The fraction of sp³-hybridized carbons (Fsp3) is 0.278. The average molecular weight is 373 g/mol. The number of nitrogens with zero attached hydrogens (tertiary/aromatic N) is 4. The lowest BCUT2D eigenvalue weighted by Crippen LogP contribution is -2.26. The van der Waals surface area contributed by atoms with E-state index in [1.165, 1.54) is 22.8 Å². The summed E-state index contributed by atoms with van der Waals surface area (Å²) in [6, 6.07) is 7.33. The molecule has 1 unspecified atom stereocenters. The van der Waals surface area contributed by atoms with Crippen LogP contribution in [0.4, 0.5) is 14.6 Å². The summed E-state index contributed by atoms with van der Waals surface area (Å²) in [6.07, 6.45) is 0.993. The van der Waals surface area contributed by atoms with Crippen LogP contribution in [0.25, 0.3) is 5.65 Å². The van der Waals surface area contributed by atoms with E-state index in [2.05, 4.69) is 15.4 Å². The number of phenols is 1. The van der Waals surface area contributed by atoms with E-state index in [-0.39, 0.29) is 18.8 Å². The minimum absolute atomic E-state index is 0.106. The van der Waals surface area contributed by atoms with Crippen LogP contribution < -0.4 is 10.2 Å². The number of benzene rings is 1. The van der Waals surface area contributed by atoms with Crippen molar-refractivity contribution >= 4 is 17.4 Å². The van der Waals surface area contributed by atoms with Crippen LogP contribution >= 0.6 is 0 Å². The minimum atomic E-state index is -0.875. The summed E-state index contributed by atoms with van der Waals surface area (Å²) < 4.78 is 28.0. The summed E-state index contributed by atoms with van der Waals surface area (Å²) in [7, 11) is 0. The van der Waals surface area contributed by atoms with Crippen molar-refractivity contribution in [1.82, 2.24) is 19.9 Å². The lowest BCUT2D eigenvalue weighted by Gasteiger charge is -2.16. The van der Waals surface area contributed by atoms with Crippen molar-refractivity contribution in [2.24, 2.45) is 0 Å². The summed E-state index contributed by atoms with van der Waals surface area (Å²) in [5.74, 6) is -1.03. The summed E-state index contributed by atoms with van der Waals surface area (Å²) in [5, 5.41) is 16.5. The molecule has 9 heteroatoms. The Bertz CT molecular complexity index is 1010. The zero-order chi connectivity index (χ0) is 19.0. The third-order valence-corrected chi connectivity index (χ3v) is 4.50. The number of halogens is 2. The van der Waals surface area contributed by atoms with Crippen molar-refractivity contribution in [3.05, 3.63) is 53.6 Å². The quantitative estimate of drug-likeness (QED) is 0.732. The maximum Gasteiger partial charge on any atom is 0.271 e. The number of phenolic OH excluding ortho intramolecular Hbond substituents is 1. The van der Waals surface area contributed by atoms with Gasteiger partial charge in [0.1, 0.15) is 12.0 Å². The Morgan fingerprint density at radius 2 is 2.19 bits per heavy atom. The van der Waals surface area contributed by atoms with Gasteiger partial charge in [-0.3, -0.25) is 4.79 Å². The molecule has 140 valence electrons. The number of fused-ring (bicyclic) bond motifs is 1. The van der Waals surface area contributed by atoms with Gasteiger partial charge in [0.15, 0.2) is 22.9 Å². The van der Waals surface area contributed by atoms with Gasteiger partial charge in [-0.25, -0.2) is 18.3 Å². The SMILES string of the molecule is O=C(NCc1ccc(F)c(O)c1)c1cnc2ccc(N3CCC(F)C3)nn12. The summed E-state index contributed by atoms with van der Waals surface area (Å²) >= 11 is 0. The van der Waals surface area contributed by atoms with Gasteiger partial charge in [0.2, 0.25) is 0 Å². The molecule has 1 aliphatic heterocycles. The third-order valence-electron chi connectivity index (χ3n) is 4.50. The van der Waals surface area contributed by atoms with E-state index >= 15 is 0 Å². The van der Waals surface area contributed by atoms with E-state index in [0.29, 0.717) is 30.0 Å². The van der Waals surface area contributed by atoms with Crippen LogP contribution in [0.15, 0.2) is 36.5 Å². The van der Waals surface area contributed by atoms with Crippen molar-refractivity contribution in [3.8, 4) is 5.75 Å². The molecule has 1 atom stereocenters. The standard InChI is InChI=1S/C18H17F2N5O2/c19-12-5-6-24(10-12)17-4-3-16-21-9-14(25(16)23-17)18(27)22-8-11-1-2-13(20)15(26)7-11/h1-4,7,9,12,26H,5-6,8,10H2,(H,22,27). The minimum Gasteiger partial charge on any atom is -0.505 e. The van der Waals surface area contributed by atoms with Crippen LogP contribution in [0, 0.1) is 5.82 Å². The highest BCUT2D eigenvalue weighted by molar-refractivity contribution is 5.93.